The molecule has 5 nitrogen and oxygen atoms in total. The first-order valence-electron chi connectivity index (χ1n) is 6.30. The van der Waals surface area contributed by atoms with Gasteiger partial charge in [0.15, 0.2) is 0 Å². The molecule has 2 aliphatic rings. The summed E-state index contributed by atoms with van der Waals surface area (Å²) in [6.07, 6.45) is 5.02. The molecule has 17 heavy (non-hydrogen) atoms. The third-order valence-corrected chi connectivity index (χ3v) is 3.74. The summed E-state index contributed by atoms with van der Waals surface area (Å²) in [6, 6.07) is 1.90. The van der Waals surface area contributed by atoms with E-state index in [1.165, 1.54) is 6.42 Å². The monoisotopic (exact) mass is 234 g/mol. The summed E-state index contributed by atoms with van der Waals surface area (Å²) in [5.74, 6) is 7.40. The second-order valence-electron chi connectivity index (χ2n) is 4.82. The zero-order chi connectivity index (χ0) is 11.8. The number of aryl methyl sites for hydroxylation is 1. The van der Waals surface area contributed by atoms with Crippen LogP contribution in [0.4, 0.5) is 5.82 Å². The summed E-state index contributed by atoms with van der Waals surface area (Å²) in [5.41, 5.74) is 3.65. The molecule has 3 atom stereocenters. The molecule has 92 valence electrons. The highest BCUT2D eigenvalue weighted by Gasteiger charge is 2.43. The predicted octanol–water partition coefficient (Wildman–Crippen LogP) is 1.36. The fourth-order valence-corrected chi connectivity index (χ4v) is 2.85. The van der Waals surface area contributed by atoms with E-state index in [0.29, 0.717) is 23.9 Å². The lowest BCUT2D eigenvalue weighted by molar-refractivity contribution is 0.0998. The molecular weight excluding hydrogens is 216 g/mol. The number of nitrogens with one attached hydrogen (secondary N) is 1. The van der Waals surface area contributed by atoms with Crippen molar-refractivity contribution in [1.82, 2.24) is 9.97 Å². The number of rotatable bonds is 3. The summed E-state index contributed by atoms with van der Waals surface area (Å²) in [5, 5.41) is 0. The van der Waals surface area contributed by atoms with Crippen LogP contribution in [-0.2, 0) is 11.2 Å². The van der Waals surface area contributed by atoms with Gasteiger partial charge >= 0.3 is 0 Å². The van der Waals surface area contributed by atoms with E-state index in [4.69, 9.17) is 10.6 Å². The quantitative estimate of drug-likeness (QED) is 0.610. The topological polar surface area (TPSA) is 73.1 Å². The first-order chi connectivity index (χ1) is 8.30. The van der Waals surface area contributed by atoms with Gasteiger partial charge in [0, 0.05) is 17.7 Å². The molecule has 1 aromatic heterocycles. The summed E-state index contributed by atoms with van der Waals surface area (Å²) in [7, 11) is 0. The van der Waals surface area contributed by atoms with Gasteiger partial charge in [-0.05, 0) is 25.7 Å². The van der Waals surface area contributed by atoms with Crippen LogP contribution in [0.25, 0.3) is 0 Å². The molecule has 0 saturated carbocycles. The van der Waals surface area contributed by atoms with Crippen molar-refractivity contribution in [3.05, 3.63) is 17.6 Å². The Balaban J connectivity index is 1.91. The zero-order valence-corrected chi connectivity index (χ0v) is 10.0. The van der Waals surface area contributed by atoms with E-state index in [1.807, 2.05) is 6.07 Å². The molecule has 2 fully saturated rings. The largest absolute Gasteiger partial charge is 0.374 e. The van der Waals surface area contributed by atoms with Gasteiger partial charge in [-0.25, -0.2) is 15.8 Å². The molecule has 1 aromatic rings. The molecule has 0 aliphatic carbocycles. The van der Waals surface area contributed by atoms with E-state index in [0.717, 1.165) is 30.8 Å². The molecule has 5 heteroatoms. The van der Waals surface area contributed by atoms with Crippen molar-refractivity contribution < 1.29 is 4.74 Å². The van der Waals surface area contributed by atoms with Crippen molar-refractivity contribution in [2.75, 3.05) is 5.43 Å². The number of nitrogen functional groups attached to an aromatic ring is 1. The summed E-state index contributed by atoms with van der Waals surface area (Å²) < 4.78 is 5.85. The van der Waals surface area contributed by atoms with Gasteiger partial charge in [0.1, 0.15) is 11.6 Å². The first kappa shape index (κ1) is 10.9. The molecule has 2 saturated heterocycles. The molecule has 0 spiro atoms. The highest BCUT2D eigenvalue weighted by Crippen LogP contribution is 2.43. The molecule has 3 unspecified atom stereocenters. The van der Waals surface area contributed by atoms with E-state index in [2.05, 4.69) is 22.3 Å². The van der Waals surface area contributed by atoms with Gasteiger partial charge in [0.05, 0.1) is 12.2 Å². The van der Waals surface area contributed by atoms with Crippen LogP contribution in [0.3, 0.4) is 0 Å². The average Bonchev–Trinajstić information content (AvgIpc) is 3.00. The number of nitrogens with two attached hydrogens (primary N) is 1. The van der Waals surface area contributed by atoms with E-state index in [-0.39, 0.29) is 0 Å². The van der Waals surface area contributed by atoms with Gasteiger partial charge in [0.25, 0.3) is 0 Å². The Bertz CT molecular complexity index is 401. The van der Waals surface area contributed by atoms with Gasteiger partial charge in [-0.3, -0.25) is 0 Å². The molecule has 2 aliphatic heterocycles. The molecule has 0 radical (unpaired) electrons. The van der Waals surface area contributed by atoms with Crippen molar-refractivity contribution in [2.24, 2.45) is 5.84 Å². The molecule has 0 aromatic carbocycles. The normalized spacial score (nSPS) is 30.8. The van der Waals surface area contributed by atoms with Gasteiger partial charge < -0.3 is 10.2 Å². The second kappa shape index (κ2) is 4.23. The minimum Gasteiger partial charge on any atom is -0.374 e. The SMILES string of the molecule is CCc1cc(NN)nc(C2CC3CCC2O3)n1. The smallest absolute Gasteiger partial charge is 0.143 e. The van der Waals surface area contributed by atoms with E-state index in [9.17, 15) is 0 Å². The molecular formula is C12H18N4O. The van der Waals surface area contributed by atoms with Crippen molar-refractivity contribution in [3.8, 4) is 0 Å². The van der Waals surface area contributed by atoms with Crippen molar-refractivity contribution >= 4 is 5.82 Å². The molecule has 3 N–H and O–H groups in total. The maximum Gasteiger partial charge on any atom is 0.143 e. The summed E-state index contributed by atoms with van der Waals surface area (Å²) in [4.78, 5) is 9.09. The van der Waals surface area contributed by atoms with Crippen LogP contribution >= 0.6 is 0 Å². The van der Waals surface area contributed by atoms with E-state index >= 15 is 0 Å². The Kier molecular flexibility index (Phi) is 2.72. The second-order valence-corrected chi connectivity index (χ2v) is 4.82. The maximum absolute atomic E-state index is 5.85. The number of hydrazine groups is 1. The fraction of sp³-hybridized carbons (Fsp3) is 0.667. The number of aromatic nitrogens is 2. The number of anilines is 1. The van der Waals surface area contributed by atoms with Crippen molar-refractivity contribution in [1.29, 1.82) is 0 Å². The minimum absolute atomic E-state index is 0.317. The fourth-order valence-electron chi connectivity index (χ4n) is 2.85. The van der Waals surface area contributed by atoms with Crippen LogP contribution in [0.5, 0.6) is 0 Å². The van der Waals surface area contributed by atoms with Crippen LogP contribution in [0.1, 0.15) is 43.6 Å². The Morgan fingerprint density at radius 2 is 2.35 bits per heavy atom. The number of hydrogen-bond acceptors (Lipinski definition) is 5. The van der Waals surface area contributed by atoms with Gasteiger partial charge in [0.2, 0.25) is 0 Å². The van der Waals surface area contributed by atoms with Gasteiger partial charge in [-0.2, -0.15) is 0 Å². The summed E-state index contributed by atoms with van der Waals surface area (Å²) >= 11 is 0. The van der Waals surface area contributed by atoms with Crippen LogP contribution in [0.15, 0.2) is 6.07 Å². The van der Waals surface area contributed by atoms with Crippen molar-refractivity contribution in [2.45, 2.75) is 50.7 Å². The van der Waals surface area contributed by atoms with E-state index in [1.54, 1.807) is 0 Å². The maximum atomic E-state index is 5.85. The highest BCUT2D eigenvalue weighted by molar-refractivity contribution is 5.35. The number of ether oxygens (including phenoxy) is 1. The third kappa shape index (κ3) is 1.89. The van der Waals surface area contributed by atoms with Gasteiger partial charge in [-0.1, -0.05) is 6.92 Å². The Morgan fingerprint density at radius 1 is 1.47 bits per heavy atom. The third-order valence-electron chi connectivity index (χ3n) is 3.74. The number of nitrogens with zero attached hydrogens (tertiary/aromatic N) is 2. The molecule has 3 heterocycles. The van der Waals surface area contributed by atoms with E-state index < -0.39 is 0 Å². The molecule has 0 amide bonds. The number of hydrogen-bond donors (Lipinski definition) is 2. The standard InChI is InChI=1S/C12H18N4O/c1-2-7-5-11(16-13)15-12(14-7)9-6-8-3-4-10(9)17-8/h5,8-10H,2-4,6,13H2,1H3,(H,14,15,16). The van der Waals surface area contributed by atoms with Gasteiger partial charge in [-0.15, -0.1) is 0 Å². The van der Waals surface area contributed by atoms with Crippen molar-refractivity contribution in [3.63, 3.8) is 0 Å². The lowest BCUT2D eigenvalue weighted by atomic mass is 9.88. The number of fused-ring (bicyclic) bond motifs is 2. The molecule has 3 rings (SSSR count). The lowest BCUT2D eigenvalue weighted by Crippen LogP contribution is -2.19. The Morgan fingerprint density at radius 3 is 2.94 bits per heavy atom. The lowest BCUT2D eigenvalue weighted by Gasteiger charge is -2.18. The summed E-state index contributed by atoms with van der Waals surface area (Å²) in [6.45, 7) is 2.09. The first-order valence-corrected chi connectivity index (χ1v) is 6.30. The van der Waals surface area contributed by atoms with Crippen LogP contribution in [-0.4, -0.2) is 22.2 Å². The highest BCUT2D eigenvalue weighted by atomic mass is 16.5. The predicted molar refractivity (Wildman–Crippen MR) is 64.5 cm³/mol. The molecule has 2 bridgehead atoms. The zero-order valence-electron chi connectivity index (χ0n) is 10.0. The van der Waals surface area contributed by atoms with Crippen LogP contribution < -0.4 is 11.3 Å². The Hall–Kier alpha value is -1.20. The van der Waals surface area contributed by atoms with Crippen LogP contribution in [0, 0.1) is 0 Å². The Labute approximate surface area is 101 Å². The van der Waals surface area contributed by atoms with Crippen LogP contribution in [0.2, 0.25) is 0 Å². The average molecular weight is 234 g/mol. The minimum atomic E-state index is 0.317.